The van der Waals surface area contributed by atoms with E-state index in [0.717, 1.165) is 55.3 Å². The standard InChI is InChI=1S/C21H25N5O2/c27-19(14-26-11-3-1-2-9-20(26)28)24-17-7-4-8-18-16(17)13-23-21(25-18)15-6-5-10-22-12-15/h5-6,10,12-13,17H,1-4,7-9,11,14H2,(H,24,27)/t17-/m1/s1. The number of likely N-dealkylation sites (tertiary alicyclic amines) is 1. The molecule has 0 radical (unpaired) electrons. The van der Waals surface area contributed by atoms with Crippen molar-refractivity contribution >= 4 is 11.8 Å². The van der Waals surface area contributed by atoms with Gasteiger partial charge in [-0.05, 0) is 44.2 Å². The summed E-state index contributed by atoms with van der Waals surface area (Å²) in [5.41, 5.74) is 2.85. The Balaban J connectivity index is 1.45. The van der Waals surface area contributed by atoms with E-state index in [1.54, 1.807) is 17.3 Å². The predicted molar refractivity (Wildman–Crippen MR) is 104 cm³/mol. The molecule has 2 aliphatic rings. The van der Waals surface area contributed by atoms with Gasteiger partial charge in [0.05, 0.1) is 12.6 Å². The van der Waals surface area contributed by atoms with Gasteiger partial charge in [0.1, 0.15) is 0 Å². The van der Waals surface area contributed by atoms with Gasteiger partial charge in [-0.3, -0.25) is 14.6 Å². The summed E-state index contributed by atoms with van der Waals surface area (Å²) in [6.07, 6.45) is 11.5. The van der Waals surface area contributed by atoms with E-state index < -0.39 is 0 Å². The first-order chi connectivity index (χ1) is 13.7. The number of aromatic nitrogens is 3. The molecule has 1 aliphatic heterocycles. The highest BCUT2D eigenvalue weighted by molar-refractivity contribution is 5.85. The van der Waals surface area contributed by atoms with Gasteiger partial charge in [0.25, 0.3) is 0 Å². The van der Waals surface area contributed by atoms with Crippen molar-refractivity contribution in [3.63, 3.8) is 0 Å². The largest absolute Gasteiger partial charge is 0.348 e. The number of aryl methyl sites for hydroxylation is 1. The van der Waals surface area contributed by atoms with Gasteiger partial charge in [-0.25, -0.2) is 9.97 Å². The van der Waals surface area contributed by atoms with E-state index in [9.17, 15) is 9.59 Å². The number of nitrogens with zero attached hydrogens (tertiary/aromatic N) is 4. The highest BCUT2D eigenvalue weighted by Crippen LogP contribution is 2.29. The number of carbonyl (C=O) groups excluding carboxylic acids is 2. The zero-order valence-corrected chi connectivity index (χ0v) is 15.9. The molecule has 3 heterocycles. The highest BCUT2D eigenvalue weighted by atomic mass is 16.2. The lowest BCUT2D eigenvalue weighted by molar-refractivity contribution is -0.135. The average Bonchev–Trinajstić information content (AvgIpc) is 2.92. The average molecular weight is 379 g/mol. The van der Waals surface area contributed by atoms with Gasteiger partial charge in [0.15, 0.2) is 5.82 Å². The topological polar surface area (TPSA) is 88.1 Å². The first kappa shape index (κ1) is 18.5. The Kier molecular flexibility index (Phi) is 5.60. The Bertz CT molecular complexity index is 855. The summed E-state index contributed by atoms with van der Waals surface area (Å²) in [6, 6.07) is 3.71. The lowest BCUT2D eigenvalue weighted by atomic mass is 9.92. The smallest absolute Gasteiger partial charge is 0.240 e. The third-order valence-corrected chi connectivity index (χ3v) is 5.44. The van der Waals surface area contributed by atoms with Gasteiger partial charge >= 0.3 is 0 Å². The number of hydrogen-bond acceptors (Lipinski definition) is 5. The van der Waals surface area contributed by atoms with Crippen LogP contribution in [0.25, 0.3) is 11.4 Å². The normalized spacial score (nSPS) is 19.6. The molecule has 1 aliphatic carbocycles. The summed E-state index contributed by atoms with van der Waals surface area (Å²) >= 11 is 0. The molecule has 0 unspecified atom stereocenters. The summed E-state index contributed by atoms with van der Waals surface area (Å²) in [5.74, 6) is 0.638. The van der Waals surface area contributed by atoms with E-state index in [-0.39, 0.29) is 24.4 Å². The number of hydrogen-bond donors (Lipinski definition) is 1. The number of rotatable bonds is 4. The predicted octanol–water partition coefficient (Wildman–Crippen LogP) is 2.43. The van der Waals surface area contributed by atoms with Crippen LogP contribution in [0.1, 0.15) is 55.8 Å². The third kappa shape index (κ3) is 4.18. The van der Waals surface area contributed by atoms with Crippen molar-refractivity contribution in [3.8, 4) is 11.4 Å². The van der Waals surface area contributed by atoms with Crippen LogP contribution in [0.4, 0.5) is 0 Å². The van der Waals surface area contributed by atoms with Crippen LogP contribution >= 0.6 is 0 Å². The Hall–Kier alpha value is -2.83. The van der Waals surface area contributed by atoms with Gasteiger partial charge in [-0.1, -0.05) is 6.42 Å². The van der Waals surface area contributed by atoms with Gasteiger partial charge < -0.3 is 10.2 Å². The van der Waals surface area contributed by atoms with Gasteiger partial charge in [0, 0.05) is 48.4 Å². The summed E-state index contributed by atoms with van der Waals surface area (Å²) in [7, 11) is 0. The van der Waals surface area contributed by atoms with Crippen LogP contribution in [0.2, 0.25) is 0 Å². The molecule has 0 aromatic carbocycles. The summed E-state index contributed by atoms with van der Waals surface area (Å²) in [5, 5.41) is 3.10. The molecule has 2 aromatic heterocycles. The second-order valence-corrected chi connectivity index (χ2v) is 7.48. The van der Waals surface area contributed by atoms with Crippen molar-refractivity contribution in [1.82, 2.24) is 25.2 Å². The molecule has 7 nitrogen and oxygen atoms in total. The molecule has 0 saturated carbocycles. The number of carbonyl (C=O) groups is 2. The third-order valence-electron chi connectivity index (χ3n) is 5.44. The quantitative estimate of drug-likeness (QED) is 0.881. The first-order valence-electron chi connectivity index (χ1n) is 10.0. The zero-order valence-electron chi connectivity index (χ0n) is 15.9. The number of nitrogens with one attached hydrogen (secondary N) is 1. The SMILES string of the molecule is O=C(CN1CCCCCC1=O)N[C@@H]1CCCc2nc(-c3cccnc3)ncc21. The fraction of sp³-hybridized carbons (Fsp3) is 0.476. The minimum atomic E-state index is -0.107. The molecule has 1 saturated heterocycles. The summed E-state index contributed by atoms with van der Waals surface area (Å²) < 4.78 is 0. The molecule has 1 fully saturated rings. The number of fused-ring (bicyclic) bond motifs is 1. The Labute approximate surface area is 164 Å². The molecule has 1 atom stereocenters. The van der Waals surface area contributed by atoms with Crippen molar-refractivity contribution in [3.05, 3.63) is 42.0 Å². The van der Waals surface area contributed by atoms with Crippen LogP contribution < -0.4 is 5.32 Å². The van der Waals surface area contributed by atoms with Crippen molar-refractivity contribution in [1.29, 1.82) is 0 Å². The molecule has 2 amide bonds. The molecular formula is C21H25N5O2. The van der Waals surface area contributed by atoms with Crippen molar-refractivity contribution in [2.75, 3.05) is 13.1 Å². The maximum absolute atomic E-state index is 12.6. The van der Waals surface area contributed by atoms with E-state index in [2.05, 4.69) is 15.3 Å². The molecule has 0 spiro atoms. The Morgan fingerprint density at radius 3 is 2.96 bits per heavy atom. The van der Waals surface area contributed by atoms with E-state index >= 15 is 0 Å². The minimum absolute atomic E-state index is 0.0844. The maximum Gasteiger partial charge on any atom is 0.240 e. The van der Waals surface area contributed by atoms with Crippen LogP contribution in [-0.4, -0.2) is 44.8 Å². The molecular weight excluding hydrogens is 354 g/mol. The van der Waals surface area contributed by atoms with Crippen molar-refractivity contribution in [2.45, 2.75) is 51.0 Å². The minimum Gasteiger partial charge on any atom is -0.348 e. The number of amides is 2. The summed E-state index contributed by atoms with van der Waals surface area (Å²) in [6.45, 7) is 0.810. The number of pyridine rings is 1. The van der Waals surface area contributed by atoms with E-state index in [1.165, 1.54) is 0 Å². The fourth-order valence-corrected chi connectivity index (χ4v) is 3.95. The van der Waals surface area contributed by atoms with Crippen molar-refractivity contribution < 1.29 is 9.59 Å². The summed E-state index contributed by atoms with van der Waals surface area (Å²) in [4.78, 5) is 39.7. The van der Waals surface area contributed by atoms with Gasteiger partial charge in [-0.15, -0.1) is 0 Å². The lowest BCUT2D eigenvalue weighted by Crippen LogP contribution is -2.42. The fourth-order valence-electron chi connectivity index (χ4n) is 3.95. The zero-order chi connectivity index (χ0) is 19.3. The van der Waals surface area contributed by atoms with Gasteiger partial charge in [0.2, 0.25) is 11.8 Å². The van der Waals surface area contributed by atoms with Crippen molar-refractivity contribution in [2.24, 2.45) is 0 Å². The second-order valence-electron chi connectivity index (χ2n) is 7.48. The molecule has 4 rings (SSSR count). The molecule has 146 valence electrons. The van der Waals surface area contributed by atoms with Crippen LogP contribution in [0.5, 0.6) is 0 Å². The Morgan fingerprint density at radius 1 is 1.18 bits per heavy atom. The van der Waals surface area contributed by atoms with Crippen LogP contribution in [0, 0.1) is 0 Å². The Morgan fingerprint density at radius 2 is 2.11 bits per heavy atom. The van der Waals surface area contributed by atoms with Crippen LogP contribution in [0.15, 0.2) is 30.7 Å². The van der Waals surface area contributed by atoms with Crippen LogP contribution in [0.3, 0.4) is 0 Å². The molecule has 1 N–H and O–H groups in total. The van der Waals surface area contributed by atoms with E-state index in [1.807, 2.05) is 18.3 Å². The molecule has 2 aromatic rings. The van der Waals surface area contributed by atoms with E-state index in [0.29, 0.717) is 18.8 Å². The maximum atomic E-state index is 12.6. The first-order valence-corrected chi connectivity index (χ1v) is 10.0. The highest BCUT2D eigenvalue weighted by Gasteiger charge is 2.26. The van der Waals surface area contributed by atoms with Gasteiger partial charge in [-0.2, -0.15) is 0 Å². The lowest BCUT2D eigenvalue weighted by Gasteiger charge is -2.27. The molecule has 7 heteroatoms. The molecule has 28 heavy (non-hydrogen) atoms. The monoisotopic (exact) mass is 379 g/mol. The molecule has 0 bridgehead atoms. The van der Waals surface area contributed by atoms with Crippen LogP contribution in [-0.2, 0) is 16.0 Å². The van der Waals surface area contributed by atoms with E-state index in [4.69, 9.17) is 4.98 Å². The second kappa shape index (κ2) is 8.46.